The molecule has 78 heavy (non-hydrogen) atoms. The van der Waals surface area contributed by atoms with Gasteiger partial charge in [-0.1, -0.05) is 214 Å². The van der Waals surface area contributed by atoms with Crippen LogP contribution in [0.25, 0.3) is 66.8 Å². The Morgan fingerprint density at radius 2 is 0.487 bits per heavy atom. The molecule has 0 amide bonds. The van der Waals surface area contributed by atoms with Crippen molar-refractivity contribution in [3.8, 4) is 66.8 Å². The van der Waals surface area contributed by atoms with Crippen LogP contribution in [-0.2, 0) is 10.8 Å². The Morgan fingerprint density at radius 3 is 0.885 bits per heavy atom. The van der Waals surface area contributed by atoms with Crippen LogP contribution in [0.1, 0.15) is 73.6 Å². The van der Waals surface area contributed by atoms with E-state index in [0.29, 0.717) is 0 Å². The van der Waals surface area contributed by atoms with Gasteiger partial charge in [-0.2, -0.15) is 0 Å². The van der Waals surface area contributed by atoms with E-state index in [1.807, 2.05) is 0 Å². The first-order valence-electron chi connectivity index (χ1n) is 28.3. The maximum Gasteiger partial charge on any atom is 0.0465 e. The van der Waals surface area contributed by atoms with Crippen LogP contribution in [-0.4, -0.2) is 0 Å². The summed E-state index contributed by atoms with van der Waals surface area (Å²) in [4.78, 5) is 4.93. The fourth-order valence-corrected chi connectivity index (χ4v) is 14.4. The summed E-state index contributed by atoms with van der Waals surface area (Å²) < 4.78 is 0. The van der Waals surface area contributed by atoms with E-state index in [9.17, 15) is 0 Å². The van der Waals surface area contributed by atoms with Gasteiger partial charge in [0.2, 0.25) is 0 Å². The van der Waals surface area contributed by atoms with Crippen molar-refractivity contribution in [2.75, 3.05) is 9.80 Å². The SMILES string of the molecule is c1ccc(-c2ccc(N(c3ccc(-c4ccc(N(c5ccc6c(c5)C5(CCCC5)c5ccccc5-6)c5ccc6c(c5)C5(CCCC5)c5ccccc5-6)cc4)cc3)c3ccc(-c4cccc(-c5ccccc5)c4)cc3)cc2)cc1. The third-order valence-corrected chi connectivity index (χ3v) is 18.2. The molecule has 2 heteroatoms. The first-order chi connectivity index (χ1) is 38.6. The van der Waals surface area contributed by atoms with E-state index in [2.05, 4.69) is 277 Å². The molecule has 0 unspecified atom stereocenters. The first-order valence-corrected chi connectivity index (χ1v) is 28.3. The van der Waals surface area contributed by atoms with Crippen LogP contribution in [0.15, 0.2) is 267 Å². The predicted octanol–water partition coefficient (Wildman–Crippen LogP) is 21.0. The van der Waals surface area contributed by atoms with Gasteiger partial charge in [0, 0.05) is 45.0 Å². The van der Waals surface area contributed by atoms with Crippen LogP contribution in [0, 0.1) is 0 Å². The Balaban J connectivity index is 0.787. The minimum atomic E-state index is 0.0805. The van der Waals surface area contributed by atoms with Crippen LogP contribution >= 0.6 is 0 Å². The molecule has 2 fully saturated rings. The molecule has 0 heterocycles. The molecule has 11 aromatic carbocycles. The van der Waals surface area contributed by atoms with Crippen molar-refractivity contribution in [3.05, 3.63) is 289 Å². The van der Waals surface area contributed by atoms with Gasteiger partial charge < -0.3 is 9.80 Å². The summed E-state index contributed by atoms with van der Waals surface area (Å²) in [6.07, 6.45) is 9.94. The second kappa shape index (κ2) is 18.9. The van der Waals surface area contributed by atoms with E-state index < -0.39 is 0 Å². The number of rotatable bonds is 10. The third-order valence-electron chi connectivity index (χ3n) is 18.2. The highest BCUT2D eigenvalue weighted by molar-refractivity contribution is 5.90. The maximum atomic E-state index is 2.57. The molecule has 0 N–H and O–H groups in total. The van der Waals surface area contributed by atoms with Crippen molar-refractivity contribution >= 4 is 34.1 Å². The van der Waals surface area contributed by atoms with Gasteiger partial charge in [0.1, 0.15) is 0 Å². The van der Waals surface area contributed by atoms with Gasteiger partial charge in [-0.15, -0.1) is 0 Å². The number of fused-ring (bicyclic) bond motifs is 10. The number of benzene rings is 11. The van der Waals surface area contributed by atoms with Crippen LogP contribution < -0.4 is 9.80 Å². The van der Waals surface area contributed by atoms with Gasteiger partial charge in [0.25, 0.3) is 0 Å². The Hall–Kier alpha value is -8.98. The lowest BCUT2D eigenvalue weighted by molar-refractivity contribution is 0.549. The summed E-state index contributed by atoms with van der Waals surface area (Å²) >= 11 is 0. The van der Waals surface area contributed by atoms with Crippen LogP contribution in [0.4, 0.5) is 34.1 Å². The Kier molecular flexibility index (Phi) is 11.2. The van der Waals surface area contributed by atoms with Crippen LogP contribution in [0.3, 0.4) is 0 Å². The topological polar surface area (TPSA) is 6.48 Å². The van der Waals surface area contributed by atoms with Crippen molar-refractivity contribution in [1.82, 2.24) is 0 Å². The summed E-state index contributed by atoms with van der Waals surface area (Å²) in [5.41, 5.74) is 28.4. The summed E-state index contributed by atoms with van der Waals surface area (Å²) in [6, 6.07) is 99.9. The van der Waals surface area contributed by atoms with E-state index in [0.717, 1.165) is 17.1 Å². The Labute approximate surface area is 459 Å². The average molecular weight is 1000 g/mol. The van der Waals surface area contributed by atoms with Crippen LogP contribution in [0.5, 0.6) is 0 Å². The van der Waals surface area contributed by atoms with E-state index in [1.165, 1.54) is 157 Å². The number of anilines is 6. The molecule has 15 rings (SSSR count). The van der Waals surface area contributed by atoms with Gasteiger partial charge in [-0.3, -0.25) is 0 Å². The van der Waals surface area contributed by atoms with E-state index in [4.69, 9.17) is 0 Å². The fraction of sp³-hybridized carbons (Fsp3) is 0.132. The number of hydrogen-bond donors (Lipinski definition) is 0. The molecular weight excluding hydrogens is 941 g/mol. The highest BCUT2D eigenvalue weighted by Crippen LogP contribution is 2.60. The fourth-order valence-electron chi connectivity index (χ4n) is 14.4. The van der Waals surface area contributed by atoms with Crippen molar-refractivity contribution in [2.45, 2.75) is 62.2 Å². The van der Waals surface area contributed by atoms with Gasteiger partial charge in [-0.25, -0.2) is 0 Å². The molecule has 2 nitrogen and oxygen atoms in total. The molecule has 0 bridgehead atoms. The summed E-state index contributed by atoms with van der Waals surface area (Å²) in [5.74, 6) is 0. The van der Waals surface area contributed by atoms with Crippen molar-refractivity contribution in [1.29, 1.82) is 0 Å². The molecule has 2 saturated carbocycles. The lowest BCUT2D eigenvalue weighted by Gasteiger charge is -2.31. The monoisotopic (exact) mass is 1000 g/mol. The summed E-state index contributed by atoms with van der Waals surface area (Å²) in [7, 11) is 0. The minimum Gasteiger partial charge on any atom is -0.311 e. The lowest BCUT2D eigenvalue weighted by atomic mass is 9.76. The zero-order chi connectivity index (χ0) is 51.6. The van der Waals surface area contributed by atoms with Crippen LogP contribution in [0.2, 0.25) is 0 Å². The van der Waals surface area contributed by atoms with E-state index in [-0.39, 0.29) is 10.8 Å². The lowest BCUT2D eigenvalue weighted by Crippen LogP contribution is -2.22. The molecular formula is C76H60N2. The summed E-state index contributed by atoms with van der Waals surface area (Å²) in [5, 5.41) is 0. The Bertz CT molecular complexity index is 3880. The average Bonchev–Trinajstić information content (AvgIpc) is 4.08. The molecule has 0 radical (unpaired) electrons. The predicted molar refractivity (Wildman–Crippen MR) is 327 cm³/mol. The molecule has 4 aliphatic rings. The molecule has 2 spiro atoms. The molecule has 4 aliphatic carbocycles. The van der Waals surface area contributed by atoms with Gasteiger partial charge in [0.15, 0.2) is 0 Å². The van der Waals surface area contributed by atoms with Crippen molar-refractivity contribution in [3.63, 3.8) is 0 Å². The zero-order valence-electron chi connectivity index (χ0n) is 44.0. The standard InChI is InChI=1S/C76H60N2/c1-3-16-53(17-4-1)55-26-34-61(35-27-55)77(63-40-32-58(33-41-63)60-21-15-20-59(50-60)54-18-5-2-6-19-54)62-36-28-56(29-37-62)57-30-38-64(39-31-57)78(65-42-44-69-67-22-7-9-24-71(67)75(73(69)51-65)46-11-12-47-75)66-43-45-70-68-23-8-10-25-72(68)76(74(70)52-66)48-13-14-49-76/h1-10,15-45,50-52H,11-14,46-49H2. The molecule has 0 saturated heterocycles. The molecule has 0 aromatic heterocycles. The van der Waals surface area contributed by atoms with Gasteiger partial charge >= 0.3 is 0 Å². The highest BCUT2D eigenvalue weighted by atomic mass is 15.1. The minimum absolute atomic E-state index is 0.0805. The molecule has 11 aromatic rings. The van der Waals surface area contributed by atoms with Crippen molar-refractivity contribution in [2.24, 2.45) is 0 Å². The molecule has 0 atom stereocenters. The second-order valence-corrected chi connectivity index (χ2v) is 22.3. The normalized spacial score (nSPS) is 15.0. The van der Waals surface area contributed by atoms with E-state index >= 15 is 0 Å². The zero-order valence-corrected chi connectivity index (χ0v) is 44.0. The summed E-state index contributed by atoms with van der Waals surface area (Å²) in [6.45, 7) is 0. The maximum absolute atomic E-state index is 2.57. The third kappa shape index (κ3) is 7.68. The highest BCUT2D eigenvalue weighted by Gasteiger charge is 2.47. The smallest absolute Gasteiger partial charge is 0.0465 e. The Morgan fingerprint density at radius 1 is 0.205 bits per heavy atom. The molecule has 374 valence electrons. The van der Waals surface area contributed by atoms with Gasteiger partial charge in [0.05, 0.1) is 0 Å². The van der Waals surface area contributed by atoms with Crippen molar-refractivity contribution < 1.29 is 0 Å². The van der Waals surface area contributed by atoms with E-state index in [1.54, 1.807) is 0 Å². The number of nitrogens with zero attached hydrogens (tertiary/aromatic N) is 2. The van der Waals surface area contributed by atoms with Gasteiger partial charge in [-0.05, 0) is 194 Å². The quantitative estimate of drug-likeness (QED) is 0.135. The number of hydrogen-bond acceptors (Lipinski definition) is 2. The second-order valence-electron chi connectivity index (χ2n) is 22.3. The first kappa shape index (κ1) is 46.3. The largest absolute Gasteiger partial charge is 0.311 e. The molecule has 0 aliphatic heterocycles.